The maximum atomic E-state index is 5.70. The first-order valence-electron chi connectivity index (χ1n) is 4.87. The summed E-state index contributed by atoms with van der Waals surface area (Å²) in [5, 5.41) is 0. The van der Waals surface area contributed by atoms with Gasteiger partial charge in [0.15, 0.2) is 0 Å². The summed E-state index contributed by atoms with van der Waals surface area (Å²) in [5.41, 5.74) is 2.50. The number of allylic oxidation sites excluding steroid dienone is 2. The highest BCUT2D eigenvalue weighted by atomic mass is 16.5. The molecule has 2 rings (SSSR count). The molecule has 0 radical (unpaired) electrons. The summed E-state index contributed by atoms with van der Waals surface area (Å²) >= 11 is 0. The summed E-state index contributed by atoms with van der Waals surface area (Å²) in [6.07, 6.45) is 6.46. The fraction of sp³-hybridized carbons (Fsp3) is 0.231. The zero-order valence-corrected chi connectivity index (χ0v) is 8.31. The van der Waals surface area contributed by atoms with Crippen LogP contribution in [0.2, 0.25) is 0 Å². The molecule has 1 aliphatic carbocycles. The van der Waals surface area contributed by atoms with Crippen molar-refractivity contribution in [2.75, 3.05) is 0 Å². The van der Waals surface area contributed by atoms with Gasteiger partial charge < -0.3 is 4.74 Å². The van der Waals surface area contributed by atoms with Crippen molar-refractivity contribution in [1.29, 1.82) is 0 Å². The second-order valence-corrected chi connectivity index (χ2v) is 3.53. The highest BCUT2D eigenvalue weighted by Gasteiger charge is 2.06. The summed E-state index contributed by atoms with van der Waals surface area (Å²) in [4.78, 5) is 0. The summed E-state index contributed by atoms with van der Waals surface area (Å²) in [6, 6.07) is 10.2. The Balaban J connectivity index is 1.87. The smallest absolute Gasteiger partial charge is 0.0950 e. The monoisotopic (exact) mass is 186 g/mol. The molecule has 1 unspecified atom stereocenters. The van der Waals surface area contributed by atoms with Crippen LogP contribution in [0.4, 0.5) is 0 Å². The Hall–Kier alpha value is -1.34. The minimum Gasteiger partial charge on any atom is -0.365 e. The topological polar surface area (TPSA) is 9.23 Å². The Morgan fingerprint density at radius 3 is 2.64 bits per heavy atom. The third-order valence-corrected chi connectivity index (χ3v) is 2.26. The fourth-order valence-electron chi connectivity index (χ4n) is 1.49. The van der Waals surface area contributed by atoms with Crippen molar-refractivity contribution in [2.24, 2.45) is 0 Å². The normalized spacial score (nSPS) is 19.8. The van der Waals surface area contributed by atoms with Crippen LogP contribution in [0, 0.1) is 0 Å². The van der Waals surface area contributed by atoms with Crippen LogP contribution < -0.4 is 0 Å². The van der Waals surface area contributed by atoms with E-state index in [2.05, 4.69) is 37.3 Å². The third kappa shape index (κ3) is 2.33. The van der Waals surface area contributed by atoms with Gasteiger partial charge in [-0.05, 0) is 18.6 Å². The minimum absolute atomic E-state index is 0.162. The number of benzene rings is 1. The molecule has 0 saturated heterocycles. The second-order valence-electron chi connectivity index (χ2n) is 3.53. The van der Waals surface area contributed by atoms with E-state index < -0.39 is 0 Å². The molecule has 72 valence electrons. The van der Waals surface area contributed by atoms with Crippen molar-refractivity contribution in [3.63, 3.8) is 0 Å². The summed E-state index contributed by atoms with van der Waals surface area (Å²) < 4.78 is 5.70. The fourth-order valence-corrected chi connectivity index (χ4v) is 1.49. The van der Waals surface area contributed by atoms with Gasteiger partial charge in [0.25, 0.3) is 0 Å². The predicted octanol–water partition coefficient (Wildman–Crippen LogP) is 3.09. The van der Waals surface area contributed by atoms with Gasteiger partial charge >= 0.3 is 0 Å². The van der Waals surface area contributed by atoms with E-state index >= 15 is 0 Å². The number of rotatable bonds is 3. The van der Waals surface area contributed by atoms with Gasteiger partial charge in [-0.2, -0.15) is 0 Å². The molecule has 0 amide bonds. The second kappa shape index (κ2) is 4.25. The van der Waals surface area contributed by atoms with Gasteiger partial charge in [0.1, 0.15) is 0 Å². The zero-order valence-electron chi connectivity index (χ0n) is 8.31. The van der Waals surface area contributed by atoms with Crippen molar-refractivity contribution in [3.8, 4) is 0 Å². The maximum absolute atomic E-state index is 5.70. The molecule has 0 spiro atoms. The first-order valence-corrected chi connectivity index (χ1v) is 4.87. The van der Waals surface area contributed by atoms with Crippen LogP contribution in [0.1, 0.15) is 12.5 Å². The Morgan fingerprint density at radius 2 is 2.00 bits per heavy atom. The van der Waals surface area contributed by atoms with Crippen LogP contribution in [0.25, 0.3) is 0 Å². The first-order chi connectivity index (χ1) is 6.84. The number of hydrogen-bond acceptors (Lipinski definition) is 1. The molecule has 1 nitrogen and oxygen atoms in total. The average Bonchev–Trinajstić information content (AvgIpc) is 2.63. The molecule has 0 heterocycles. The van der Waals surface area contributed by atoms with Gasteiger partial charge in [-0.15, -0.1) is 0 Å². The lowest BCUT2D eigenvalue weighted by Crippen LogP contribution is -2.04. The maximum Gasteiger partial charge on any atom is 0.0950 e. The molecule has 0 bridgehead atoms. The van der Waals surface area contributed by atoms with E-state index in [9.17, 15) is 0 Å². The molecule has 0 fully saturated rings. The molecule has 0 aliphatic heterocycles. The lowest BCUT2D eigenvalue weighted by atomic mass is 10.2. The predicted molar refractivity (Wildman–Crippen MR) is 57.9 cm³/mol. The van der Waals surface area contributed by atoms with Crippen molar-refractivity contribution < 1.29 is 4.74 Å². The van der Waals surface area contributed by atoms with Gasteiger partial charge in [0, 0.05) is 0 Å². The van der Waals surface area contributed by atoms with Gasteiger partial charge in [0.05, 0.1) is 12.7 Å². The van der Waals surface area contributed by atoms with Gasteiger partial charge in [-0.3, -0.25) is 0 Å². The van der Waals surface area contributed by atoms with Crippen molar-refractivity contribution >= 4 is 0 Å². The number of hydrogen-bond donors (Lipinski definition) is 0. The lowest BCUT2D eigenvalue weighted by Gasteiger charge is -2.07. The molecule has 0 saturated carbocycles. The Morgan fingerprint density at radius 1 is 1.21 bits per heavy atom. The van der Waals surface area contributed by atoms with Gasteiger partial charge in [-0.25, -0.2) is 0 Å². The van der Waals surface area contributed by atoms with Crippen molar-refractivity contribution in [2.45, 2.75) is 19.6 Å². The summed E-state index contributed by atoms with van der Waals surface area (Å²) in [6.45, 7) is 2.77. The van der Waals surface area contributed by atoms with Crippen LogP contribution in [-0.4, -0.2) is 6.10 Å². The van der Waals surface area contributed by atoms with E-state index in [0.717, 1.165) is 0 Å². The molecule has 1 aliphatic rings. The molecule has 1 heteroatoms. The van der Waals surface area contributed by atoms with Gasteiger partial charge in [-0.1, -0.05) is 48.1 Å². The zero-order chi connectivity index (χ0) is 9.80. The average molecular weight is 186 g/mol. The van der Waals surface area contributed by atoms with Crippen LogP contribution in [0.15, 0.2) is 54.1 Å². The highest BCUT2D eigenvalue weighted by Crippen LogP contribution is 2.13. The highest BCUT2D eigenvalue weighted by molar-refractivity contribution is 5.28. The molecular weight excluding hydrogens is 172 g/mol. The van der Waals surface area contributed by atoms with Gasteiger partial charge in [0.2, 0.25) is 0 Å². The van der Waals surface area contributed by atoms with Crippen LogP contribution >= 0.6 is 0 Å². The van der Waals surface area contributed by atoms with E-state index in [1.165, 1.54) is 11.1 Å². The Bertz CT molecular complexity index is 349. The molecule has 1 atom stereocenters. The summed E-state index contributed by atoms with van der Waals surface area (Å²) in [7, 11) is 0. The SMILES string of the molecule is CC1=CC(OCc2ccccc2)C=C1. The first kappa shape index (κ1) is 9.22. The quantitative estimate of drug-likeness (QED) is 0.704. The third-order valence-electron chi connectivity index (χ3n) is 2.26. The number of ether oxygens (including phenoxy) is 1. The minimum atomic E-state index is 0.162. The lowest BCUT2D eigenvalue weighted by molar-refractivity contribution is 0.103. The molecule has 14 heavy (non-hydrogen) atoms. The van der Waals surface area contributed by atoms with Crippen molar-refractivity contribution in [1.82, 2.24) is 0 Å². The van der Waals surface area contributed by atoms with Crippen LogP contribution in [-0.2, 0) is 11.3 Å². The molecular formula is C13H14O. The molecule has 0 aromatic heterocycles. The largest absolute Gasteiger partial charge is 0.365 e. The summed E-state index contributed by atoms with van der Waals surface area (Å²) in [5.74, 6) is 0. The van der Waals surface area contributed by atoms with Crippen LogP contribution in [0.3, 0.4) is 0 Å². The molecule has 1 aromatic rings. The Labute approximate surface area is 84.7 Å². The standard InChI is InChI=1S/C13H14O/c1-11-7-8-13(9-11)14-10-12-5-3-2-4-6-12/h2-9,13H,10H2,1H3. The van der Waals surface area contributed by atoms with E-state index in [1.54, 1.807) is 0 Å². The van der Waals surface area contributed by atoms with E-state index in [1.807, 2.05) is 18.2 Å². The van der Waals surface area contributed by atoms with Crippen molar-refractivity contribution in [3.05, 3.63) is 59.7 Å². The van der Waals surface area contributed by atoms with E-state index in [0.29, 0.717) is 6.61 Å². The van der Waals surface area contributed by atoms with E-state index in [4.69, 9.17) is 4.74 Å². The Kier molecular flexibility index (Phi) is 2.80. The van der Waals surface area contributed by atoms with E-state index in [-0.39, 0.29) is 6.10 Å². The van der Waals surface area contributed by atoms with Crippen LogP contribution in [0.5, 0.6) is 0 Å². The molecule has 0 N–H and O–H groups in total. The molecule has 1 aromatic carbocycles.